The van der Waals surface area contributed by atoms with Crippen LogP contribution in [0.3, 0.4) is 0 Å². The molecule has 7 heavy (non-hydrogen) atoms. The van der Waals surface area contributed by atoms with E-state index < -0.39 is 0 Å². The van der Waals surface area contributed by atoms with Gasteiger partial charge in [0.15, 0.2) is 0 Å². The van der Waals surface area contributed by atoms with Crippen LogP contribution in [0.5, 0.6) is 0 Å². The van der Waals surface area contributed by atoms with Crippen molar-refractivity contribution >= 4 is 23.7 Å². The SMILES string of the molecule is CCO.CCO.[Te]. The molecule has 0 saturated carbocycles. The fourth-order valence-electron chi connectivity index (χ4n) is 0. The maximum Gasteiger partial charge on any atom is 0.0402 e. The van der Waals surface area contributed by atoms with Gasteiger partial charge >= 0.3 is 0 Å². The smallest absolute Gasteiger partial charge is 0.0402 e. The molecule has 0 amide bonds. The molecule has 2 N–H and O–H groups in total. The zero-order valence-corrected chi connectivity index (χ0v) is 7.05. The van der Waals surface area contributed by atoms with Crippen LogP contribution in [0.2, 0.25) is 0 Å². The van der Waals surface area contributed by atoms with Crippen LogP contribution in [-0.2, 0) is 0 Å². The van der Waals surface area contributed by atoms with Crippen molar-refractivity contribution in [3.05, 3.63) is 0 Å². The van der Waals surface area contributed by atoms with Crippen LogP contribution >= 0.6 is 0 Å². The quantitative estimate of drug-likeness (QED) is 0.546. The second kappa shape index (κ2) is 29.8. The molecule has 0 aliphatic heterocycles. The third kappa shape index (κ3) is 296. The molecule has 46 valence electrons. The van der Waals surface area contributed by atoms with E-state index in [2.05, 4.69) is 0 Å². The van der Waals surface area contributed by atoms with Gasteiger partial charge in [-0.25, -0.2) is 0 Å². The van der Waals surface area contributed by atoms with E-state index in [1.807, 2.05) is 0 Å². The Morgan fingerprint density at radius 3 is 1.00 bits per heavy atom. The van der Waals surface area contributed by atoms with Gasteiger partial charge in [-0.15, -0.1) is 0 Å². The maximum atomic E-state index is 7.57. The molecular weight excluding hydrogens is 208 g/mol. The number of rotatable bonds is 0. The van der Waals surface area contributed by atoms with Crippen LogP contribution in [0.4, 0.5) is 0 Å². The molecule has 2 radical (unpaired) electrons. The Morgan fingerprint density at radius 1 is 1.00 bits per heavy atom. The molecule has 0 saturated heterocycles. The fraction of sp³-hybridized carbons (Fsp3) is 1.00. The average Bonchev–Trinajstić information content (AvgIpc) is 1.39. The fourth-order valence-corrected chi connectivity index (χ4v) is 0. The van der Waals surface area contributed by atoms with E-state index in [1.54, 1.807) is 13.8 Å². The third-order valence-corrected chi connectivity index (χ3v) is 0. The van der Waals surface area contributed by atoms with Gasteiger partial charge in [-0.1, -0.05) is 0 Å². The summed E-state index contributed by atoms with van der Waals surface area (Å²) in [6, 6.07) is 0. The average molecular weight is 220 g/mol. The number of hydrogen-bond donors (Lipinski definition) is 2. The molecule has 0 aliphatic carbocycles. The Bertz CT molecular complexity index is 11.7. The van der Waals surface area contributed by atoms with E-state index >= 15 is 0 Å². The summed E-state index contributed by atoms with van der Waals surface area (Å²) in [5, 5.41) is 15.1. The monoisotopic (exact) mass is 222 g/mol. The minimum Gasteiger partial charge on any atom is -0.397 e. The zero-order valence-electron chi connectivity index (χ0n) is 4.72. The maximum absolute atomic E-state index is 7.57. The van der Waals surface area contributed by atoms with Crippen molar-refractivity contribution < 1.29 is 10.2 Å². The summed E-state index contributed by atoms with van der Waals surface area (Å²) in [5.74, 6) is 0. The molecule has 0 heterocycles. The number of aliphatic hydroxyl groups is 2. The second-order valence-corrected chi connectivity index (χ2v) is 0.632. The summed E-state index contributed by atoms with van der Waals surface area (Å²) in [4.78, 5) is 0. The summed E-state index contributed by atoms with van der Waals surface area (Å²) < 4.78 is 0. The minimum absolute atomic E-state index is 0. The number of aliphatic hydroxyl groups excluding tert-OH is 2. The molecule has 0 aromatic carbocycles. The Morgan fingerprint density at radius 2 is 1.00 bits per heavy atom. The molecule has 0 aromatic rings. The van der Waals surface area contributed by atoms with Crippen LogP contribution in [0.1, 0.15) is 13.8 Å². The van der Waals surface area contributed by atoms with Gasteiger partial charge in [-0.05, 0) is 13.8 Å². The third-order valence-electron chi connectivity index (χ3n) is 0. The standard InChI is InChI=1S/2C2H6O.Te/c2*1-2-3;/h2*3H,2H2,1H3;. The van der Waals surface area contributed by atoms with Gasteiger partial charge in [0, 0.05) is 36.9 Å². The van der Waals surface area contributed by atoms with Crippen LogP contribution in [0.25, 0.3) is 0 Å². The van der Waals surface area contributed by atoms with Crippen molar-refractivity contribution in [1.29, 1.82) is 0 Å². The van der Waals surface area contributed by atoms with E-state index in [1.165, 1.54) is 0 Å². The van der Waals surface area contributed by atoms with Gasteiger partial charge in [0.2, 0.25) is 0 Å². The Labute approximate surface area is 61.3 Å². The molecule has 0 atom stereocenters. The van der Waals surface area contributed by atoms with E-state index in [-0.39, 0.29) is 36.9 Å². The second-order valence-electron chi connectivity index (χ2n) is 0.632. The Balaban J connectivity index is -0.0000000400. The predicted octanol–water partition coefficient (Wildman–Crippen LogP) is -0.384. The molecule has 0 unspecified atom stereocenters. The van der Waals surface area contributed by atoms with Crippen LogP contribution in [-0.4, -0.2) is 47.1 Å². The first kappa shape index (κ1) is 15.6. The molecule has 3 heteroatoms. The molecule has 0 rings (SSSR count). The zero-order chi connectivity index (χ0) is 5.41. The van der Waals surface area contributed by atoms with Gasteiger partial charge in [0.05, 0.1) is 0 Å². The van der Waals surface area contributed by atoms with Gasteiger partial charge in [0.1, 0.15) is 0 Å². The first-order chi connectivity index (χ1) is 2.83. The molecule has 0 spiro atoms. The Hall–Kier alpha value is 0.710. The van der Waals surface area contributed by atoms with Gasteiger partial charge in [0.25, 0.3) is 0 Å². The summed E-state index contributed by atoms with van der Waals surface area (Å²) in [7, 11) is 0. The van der Waals surface area contributed by atoms with E-state index in [9.17, 15) is 0 Å². The minimum atomic E-state index is 0. The van der Waals surface area contributed by atoms with Crippen molar-refractivity contribution in [2.45, 2.75) is 13.8 Å². The molecule has 2 nitrogen and oxygen atoms in total. The molecule has 0 bridgehead atoms. The first-order valence-corrected chi connectivity index (χ1v) is 2.05. The van der Waals surface area contributed by atoms with Crippen molar-refractivity contribution in [2.75, 3.05) is 13.2 Å². The van der Waals surface area contributed by atoms with Gasteiger partial charge in [-0.2, -0.15) is 0 Å². The van der Waals surface area contributed by atoms with Crippen LogP contribution in [0.15, 0.2) is 0 Å². The van der Waals surface area contributed by atoms with E-state index in [0.717, 1.165) is 0 Å². The van der Waals surface area contributed by atoms with Gasteiger partial charge < -0.3 is 10.2 Å². The number of hydrogen-bond acceptors (Lipinski definition) is 2. The van der Waals surface area contributed by atoms with Crippen LogP contribution in [0, 0.1) is 0 Å². The van der Waals surface area contributed by atoms with Crippen molar-refractivity contribution in [3.63, 3.8) is 0 Å². The molecule has 0 aliphatic rings. The normalized spacial score (nSPS) is 5.14. The molecule has 0 aromatic heterocycles. The summed E-state index contributed by atoms with van der Waals surface area (Å²) in [6.45, 7) is 3.86. The summed E-state index contributed by atoms with van der Waals surface area (Å²) in [6.07, 6.45) is 0. The predicted molar refractivity (Wildman–Crippen MR) is 31.3 cm³/mol. The van der Waals surface area contributed by atoms with Crippen molar-refractivity contribution in [1.82, 2.24) is 0 Å². The van der Waals surface area contributed by atoms with E-state index in [4.69, 9.17) is 10.2 Å². The summed E-state index contributed by atoms with van der Waals surface area (Å²) >= 11 is 0. The molecule has 0 fully saturated rings. The van der Waals surface area contributed by atoms with Crippen molar-refractivity contribution in [3.8, 4) is 0 Å². The topological polar surface area (TPSA) is 40.5 Å². The van der Waals surface area contributed by atoms with Crippen LogP contribution < -0.4 is 0 Å². The van der Waals surface area contributed by atoms with E-state index in [0.29, 0.717) is 0 Å². The van der Waals surface area contributed by atoms with Gasteiger partial charge in [-0.3, -0.25) is 0 Å². The summed E-state index contributed by atoms with van der Waals surface area (Å²) in [5.41, 5.74) is 0. The Kier molecular flexibility index (Phi) is 66.6. The molecular formula is C4H12O2Te. The van der Waals surface area contributed by atoms with Crippen molar-refractivity contribution in [2.24, 2.45) is 0 Å². The largest absolute Gasteiger partial charge is 0.397 e. The first-order valence-electron chi connectivity index (χ1n) is 2.05.